The summed E-state index contributed by atoms with van der Waals surface area (Å²) in [4.78, 5) is 24.2. The van der Waals surface area contributed by atoms with Crippen LogP contribution in [0.1, 0.15) is 24.5 Å². The van der Waals surface area contributed by atoms with Crippen LogP contribution in [-0.4, -0.2) is 20.4 Å². The van der Waals surface area contributed by atoms with Crippen LogP contribution in [0.2, 0.25) is 0 Å². The largest absolute Gasteiger partial charge is 0.425 e. The number of sulfonamides is 1. The smallest absolute Gasteiger partial charge is 0.336 e. The molecule has 0 aliphatic rings. The van der Waals surface area contributed by atoms with Gasteiger partial charge in [0.1, 0.15) is 17.4 Å². The molecule has 0 aliphatic carbocycles. The van der Waals surface area contributed by atoms with E-state index in [1.807, 2.05) is 6.92 Å². The molecule has 0 saturated carbocycles. The number of aryl methyl sites for hydroxylation is 2. The van der Waals surface area contributed by atoms with Gasteiger partial charge in [0.15, 0.2) is 0 Å². The first-order valence-corrected chi connectivity index (χ1v) is 10.5. The van der Waals surface area contributed by atoms with Gasteiger partial charge in [0.2, 0.25) is 10.0 Å². The molecule has 3 aromatic rings. The van der Waals surface area contributed by atoms with E-state index in [9.17, 15) is 18.0 Å². The van der Waals surface area contributed by atoms with Gasteiger partial charge >= 0.3 is 11.6 Å². The van der Waals surface area contributed by atoms with Crippen molar-refractivity contribution in [2.24, 2.45) is 0 Å². The zero-order valence-corrected chi connectivity index (χ0v) is 17.1. The Labute approximate surface area is 168 Å². The zero-order chi connectivity index (χ0) is 21.2. The highest BCUT2D eigenvalue weighted by Crippen LogP contribution is 2.23. The Morgan fingerprint density at radius 3 is 2.45 bits per heavy atom. The molecular formula is C21H21NO6S. The highest BCUT2D eigenvalue weighted by Gasteiger charge is 2.26. The normalized spacial score (nSPS) is 12.7. The second-order valence-corrected chi connectivity index (χ2v) is 8.44. The van der Waals surface area contributed by atoms with Crippen LogP contribution in [-0.2, 0) is 14.8 Å². The molecule has 3 rings (SSSR count). The first kappa shape index (κ1) is 20.8. The Morgan fingerprint density at radius 1 is 1.10 bits per heavy atom. The van der Waals surface area contributed by atoms with Gasteiger partial charge in [-0.15, -0.1) is 0 Å². The van der Waals surface area contributed by atoms with Crippen molar-refractivity contribution in [1.82, 2.24) is 4.72 Å². The van der Waals surface area contributed by atoms with E-state index in [2.05, 4.69) is 4.72 Å². The summed E-state index contributed by atoms with van der Waals surface area (Å²) < 4.78 is 37.9. The Balaban J connectivity index is 1.80. The third-order valence-corrected chi connectivity index (χ3v) is 5.95. The lowest BCUT2D eigenvalue weighted by Crippen LogP contribution is -2.42. The Hall–Kier alpha value is -2.97. The van der Waals surface area contributed by atoms with Crippen molar-refractivity contribution in [3.8, 4) is 5.75 Å². The van der Waals surface area contributed by atoms with Crippen LogP contribution in [0.15, 0.2) is 62.6 Å². The van der Waals surface area contributed by atoms with Crippen LogP contribution in [0.4, 0.5) is 0 Å². The average Bonchev–Trinajstić information content (AvgIpc) is 2.66. The second kappa shape index (κ2) is 8.18. The van der Waals surface area contributed by atoms with Crippen molar-refractivity contribution < 1.29 is 22.4 Å². The third kappa shape index (κ3) is 4.72. The van der Waals surface area contributed by atoms with Gasteiger partial charge in [-0.2, -0.15) is 4.72 Å². The minimum atomic E-state index is -3.88. The number of nitrogens with one attached hydrogen (secondary N) is 1. The van der Waals surface area contributed by atoms with E-state index in [0.29, 0.717) is 0 Å². The first-order valence-electron chi connectivity index (χ1n) is 9.05. The van der Waals surface area contributed by atoms with Gasteiger partial charge < -0.3 is 9.15 Å². The quantitative estimate of drug-likeness (QED) is 0.377. The van der Waals surface area contributed by atoms with Crippen LogP contribution < -0.4 is 15.1 Å². The highest BCUT2D eigenvalue weighted by atomic mass is 32.2. The maximum absolute atomic E-state index is 12.6. The van der Waals surface area contributed by atoms with Gasteiger partial charge in [0, 0.05) is 17.5 Å². The second-order valence-electron chi connectivity index (χ2n) is 6.72. The van der Waals surface area contributed by atoms with E-state index in [1.165, 1.54) is 24.3 Å². The molecular weight excluding hydrogens is 394 g/mol. The Bertz CT molecular complexity index is 1210. The first-order chi connectivity index (χ1) is 13.7. The molecule has 0 spiro atoms. The number of hydrogen-bond acceptors (Lipinski definition) is 6. The molecule has 0 saturated heterocycles. The summed E-state index contributed by atoms with van der Waals surface area (Å²) in [6.45, 7) is 5.30. The van der Waals surface area contributed by atoms with Gasteiger partial charge in [-0.05, 0) is 50.1 Å². The van der Waals surface area contributed by atoms with E-state index in [4.69, 9.17) is 9.15 Å². The van der Waals surface area contributed by atoms with Crippen LogP contribution in [0, 0.1) is 13.8 Å². The number of carbonyl (C=O) groups excluding carboxylic acids is 1. The fourth-order valence-electron chi connectivity index (χ4n) is 2.83. The van der Waals surface area contributed by atoms with Gasteiger partial charge in [0.05, 0.1) is 4.90 Å². The number of carbonyl (C=O) groups is 1. The van der Waals surface area contributed by atoms with Crippen molar-refractivity contribution in [3.63, 3.8) is 0 Å². The molecule has 1 N–H and O–H groups in total. The molecule has 0 aliphatic heterocycles. The number of fused-ring (bicyclic) bond motifs is 1. The third-order valence-electron chi connectivity index (χ3n) is 4.46. The van der Waals surface area contributed by atoms with Crippen molar-refractivity contribution >= 4 is 27.0 Å². The van der Waals surface area contributed by atoms with Gasteiger partial charge in [0.25, 0.3) is 0 Å². The highest BCUT2D eigenvalue weighted by molar-refractivity contribution is 7.89. The molecule has 0 radical (unpaired) electrons. The van der Waals surface area contributed by atoms with E-state index >= 15 is 0 Å². The fourth-order valence-corrected chi connectivity index (χ4v) is 4.09. The minimum Gasteiger partial charge on any atom is -0.425 e. The SMILES string of the molecule is CC[C@@H](NS(=O)(=O)c1ccc(C)cc1)C(=O)Oc1ccc2c(C)cc(=O)oc2c1. The van der Waals surface area contributed by atoms with Crippen molar-refractivity contribution in [2.45, 2.75) is 38.1 Å². The summed E-state index contributed by atoms with van der Waals surface area (Å²) in [5.41, 5.74) is 1.45. The predicted molar refractivity (Wildman–Crippen MR) is 108 cm³/mol. The molecule has 1 heterocycles. The van der Waals surface area contributed by atoms with Gasteiger partial charge in [-0.25, -0.2) is 18.0 Å². The molecule has 29 heavy (non-hydrogen) atoms. The van der Waals surface area contributed by atoms with E-state index in [-0.39, 0.29) is 22.6 Å². The monoisotopic (exact) mass is 415 g/mol. The molecule has 8 heteroatoms. The molecule has 1 aromatic heterocycles. The summed E-state index contributed by atoms with van der Waals surface area (Å²) in [5, 5.41) is 0.719. The molecule has 7 nitrogen and oxygen atoms in total. The van der Waals surface area contributed by atoms with Crippen LogP contribution in [0.25, 0.3) is 11.0 Å². The standard InChI is InChI=1S/C21H21NO6S/c1-4-18(22-29(25,26)16-8-5-13(2)6-9-16)21(24)27-15-7-10-17-14(3)11-20(23)28-19(17)12-15/h5-12,18,22H,4H2,1-3H3/t18-/m1/s1. The molecule has 0 fully saturated rings. The summed E-state index contributed by atoms with van der Waals surface area (Å²) in [6.07, 6.45) is 0.200. The number of ether oxygens (including phenoxy) is 1. The van der Waals surface area contributed by atoms with Crippen molar-refractivity contribution in [2.75, 3.05) is 0 Å². The zero-order valence-electron chi connectivity index (χ0n) is 16.3. The molecule has 152 valence electrons. The van der Waals surface area contributed by atoms with Gasteiger partial charge in [-0.1, -0.05) is 24.6 Å². The average molecular weight is 415 g/mol. The number of hydrogen-bond donors (Lipinski definition) is 1. The van der Waals surface area contributed by atoms with Gasteiger partial charge in [-0.3, -0.25) is 0 Å². The summed E-state index contributed by atoms with van der Waals surface area (Å²) in [7, 11) is -3.88. The Kier molecular flexibility index (Phi) is 5.86. The Morgan fingerprint density at radius 2 is 1.79 bits per heavy atom. The number of benzene rings is 2. The lowest BCUT2D eigenvalue weighted by Gasteiger charge is -2.16. The lowest BCUT2D eigenvalue weighted by atomic mass is 10.1. The van der Waals surface area contributed by atoms with Crippen LogP contribution in [0.3, 0.4) is 0 Å². The predicted octanol–water partition coefficient (Wildman–Crippen LogP) is 3.07. The van der Waals surface area contributed by atoms with Crippen LogP contribution in [0.5, 0.6) is 5.75 Å². The fraction of sp³-hybridized carbons (Fsp3) is 0.238. The summed E-state index contributed by atoms with van der Waals surface area (Å²) >= 11 is 0. The maximum Gasteiger partial charge on any atom is 0.336 e. The lowest BCUT2D eigenvalue weighted by molar-refractivity contribution is -0.136. The van der Waals surface area contributed by atoms with Crippen molar-refractivity contribution in [3.05, 3.63) is 70.1 Å². The van der Waals surface area contributed by atoms with Crippen LogP contribution >= 0.6 is 0 Å². The molecule has 2 aromatic carbocycles. The summed E-state index contributed by atoms with van der Waals surface area (Å²) in [5.74, 6) is -0.596. The van der Waals surface area contributed by atoms with Crippen molar-refractivity contribution in [1.29, 1.82) is 0 Å². The summed E-state index contributed by atoms with van der Waals surface area (Å²) in [6, 6.07) is 11.3. The van der Waals surface area contributed by atoms with E-state index in [1.54, 1.807) is 38.1 Å². The molecule has 0 unspecified atom stereocenters. The minimum absolute atomic E-state index is 0.0669. The topological polar surface area (TPSA) is 103 Å². The molecule has 0 amide bonds. The number of rotatable bonds is 6. The maximum atomic E-state index is 12.6. The molecule has 0 bridgehead atoms. The molecule has 1 atom stereocenters. The van der Waals surface area contributed by atoms with E-state index in [0.717, 1.165) is 16.5 Å². The number of esters is 1. The van der Waals surface area contributed by atoms with E-state index < -0.39 is 27.7 Å².